The van der Waals surface area contributed by atoms with Gasteiger partial charge in [0.25, 0.3) is 0 Å². The summed E-state index contributed by atoms with van der Waals surface area (Å²) in [6.45, 7) is 0. The van der Waals surface area contributed by atoms with Crippen molar-refractivity contribution in [2.75, 3.05) is 0 Å². The summed E-state index contributed by atoms with van der Waals surface area (Å²) >= 11 is 5.90. The van der Waals surface area contributed by atoms with E-state index in [1.807, 2.05) is 0 Å². The van der Waals surface area contributed by atoms with E-state index in [1.54, 1.807) is 12.1 Å². The van der Waals surface area contributed by atoms with Crippen molar-refractivity contribution in [3.63, 3.8) is 0 Å². The third-order valence-corrected chi connectivity index (χ3v) is 2.81. The number of hydrogen-bond acceptors (Lipinski definition) is 2. The van der Waals surface area contributed by atoms with Gasteiger partial charge in [0.1, 0.15) is 0 Å². The smallest absolute Gasteiger partial charge is 0.435 e. The summed E-state index contributed by atoms with van der Waals surface area (Å²) in [7, 11) is 0. The molecule has 2 aromatic rings. The highest BCUT2D eigenvalue weighted by molar-refractivity contribution is 6.32. The number of carboxylic acids is 1. The van der Waals surface area contributed by atoms with Crippen LogP contribution in [0.15, 0.2) is 30.3 Å². The van der Waals surface area contributed by atoms with Gasteiger partial charge in [-0.25, -0.2) is 4.68 Å². The Labute approximate surface area is 116 Å². The predicted octanol–water partition coefficient (Wildman–Crippen LogP) is 3.17. The van der Waals surface area contributed by atoms with Crippen LogP contribution in [0.3, 0.4) is 0 Å². The highest BCUT2D eigenvalue weighted by atomic mass is 35.5. The van der Waals surface area contributed by atoms with E-state index in [4.69, 9.17) is 16.7 Å². The van der Waals surface area contributed by atoms with Gasteiger partial charge in [0.05, 0.1) is 22.8 Å². The van der Waals surface area contributed by atoms with E-state index in [-0.39, 0.29) is 16.4 Å². The van der Waals surface area contributed by atoms with Crippen molar-refractivity contribution in [1.29, 1.82) is 0 Å². The molecular weight excluding hydrogens is 297 g/mol. The van der Waals surface area contributed by atoms with Crippen LogP contribution < -0.4 is 0 Å². The van der Waals surface area contributed by atoms with E-state index in [9.17, 15) is 18.0 Å². The summed E-state index contributed by atoms with van der Waals surface area (Å²) in [6.07, 6.45) is -5.24. The minimum atomic E-state index is -4.65. The van der Waals surface area contributed by atoms with E-state index in [0.29, 0.717) is 6.07 Å². The minimum Gasteiger partial charge on any atom is -0.481 e. The molecule has 0 fully saturated rings. The molecule has 0 amide bonds. The molecule has 2 rings (SSSR count). The van der Waals surface area contributed by atoms with E-state index < -0.39 is 24.3 Å². The van der Waals surface area contributed by atoms with Crippen molar-refractivity contribution in [3.8, 4) is 5.69 Å². The van der Waals surface area contributed by atoms with Gasteiger partial charge < -0.3 is 5.11 Å². The van der Waals surface area contributed by atoms with E-state index >= 15 is 0 Å². The molecule has 0 aliphatic rings. The maximum Gasteiger partial charge on any atom is 0.435 e. The highest BCUT2D eigenvalue weighted by Gasteiger charge is 2.35. The standard InChI is InChI=1S/C12H8ClF3N2O2/c13-8-3-1-2-4-9(8)18-7(6-11(19)20)5-10(17-18)12(14,15)16/h1-5H,6H2,(H,19,20). The van der Waals surface area contributed by atoms with Crippen LogP contribution in [0.1, 0.15) is 11.4 Å². The fraction of sp³-hybridized carbons (Fsp3) is 0.167. The Morgan fingerprint density at radius 3 is 2.55 bits per heavy atom. The van der Waals surface area contributed by atoms with Crippen LogP contribution in [0.5, 0.6) is 0 Å². The van der Waals surface area contributed by atoms with Crippen molar-refractivity contribution < 1.29 is 23.1 Å². The van der Waals surface area contributed by atoms with Gasteiger partial charge >= 0.3 is 12.1 Å². The maximum atomic E-state index is 12.7. The Morgan fingerprint density at radius 2 is 2.00 bits per heavy atom. The molecule has 1 heterocycles. The molecule has 0 aliphatic carbocycles. The van der Waals surface area contributed by atoms with Crippen molar-refractivity contribution in [3.05, 3.63) is 46.7 Å². The molecule has 106 valence electrons. The monoisotopic (exact) mass is 304 g/mol. The minimum absolute atomic E-state index is 0.0991. The van der Waals surface area contributed by atoms with Gasteiger partial charge in [-0.3, -0.25) is 4.79 Å². The number of aliphatic carboxylic acids is 1. The average molecular weight is 305 g/mol. The molecule has 1 N–H and O–H groups in total. The van der Waals surface area contributed by atoms with Crippen molar-refractivity contribution in [1.82, 2.24) is 9.78 Å². The molecule has 20 heavy (non-hydrogen) atoms. The lowest BCUT2D eigenvalue weighted by molar-refractivity contribution is -0.141. The number of carboxylic acid groups (broad SMARTS) is 1. The number of nitrogens with zero attached hydrogens (tertiary/aromatic N) is 2. The molecular formula is C12H8ClF3N2O2. The lowest BCUT2D eigenvalue weighted by Crippen LogP contribution is -2.09. The Hall–Kier alpha value is -2.02. The van der Waals surface area contributed by atoms with Crippen LogP contribution in [0.2, 0.25) is 5.02 Å². The number of benzene rings is 1. The molecule has 0 unspecified atom stereocenters. The molecule has 0 aliphatic heterocycles. The maximum absolute atomic E-state index is 12.7. The normalized spacial score (nSPS) is 11.6. The molecule has 0 atom stereocenters. The zero-order valence-electron chi connectivity index (χ0n) is 9.86. The third kappa shape index (κ3) is 2.93. The lowest BCUT2D eigenvalue weighted by Gasteiger charge is -2.07. The molecule has 8 heteroatoms. The van der Waals surface area contributed by atoms with Gasteiger partial charge in [0.2, 0.25) is 0 Å². The van der Waals surface area contributed by atoms with Crippen molar-refractivity contribution >= 4 is 17.6 Å². The average Bonchev–Trinajstić information content (AvgIpc) is 2.72. The van der Waals surface area contributed by atoms with Gasteiger partial charge in [0, 0.05) is 0 Å². The van der Waals surface area contributed by atoms with Crippen LogP contribution in [-0.4, -0.2) is 20.9 Å². The van der Waals surface area contributed by atoms with E-state index in [1.165, 1.54) is 12.1 Å². The number of para-hydroxylation sites is 1. The third-order valence-electron chi connectivity index (χ3n) is 2.49. The topological polar surface area (TPSA) is 55.1 Å². The molecule has 4 nitrogen and oxygen atoms in total. The summed E-state index contributed by atoms with van der Waals surface area (Å²) in [6, 6.07) is 6.83. The summed E-state index contributed by atoms with van der Waals surface area (Å²) < 4.78 is 38.9. The zero-order chi connectivity index (χ0) is 14.9. The van der Waals surface area contributed by atoms with Crippen molar-refractivity contribution in [2.24, 2.45) is 0 Å². The fourth-order valence-electron chi connectivity index (χ4n) is 1.67. The molecule has 0 saturated heterocycles. The second kappa shape index (κ2) is 5.16. The molecule has 1 aromatic carbocycles. The molecule has 0 bridgehead atoms. The Kier molecular flexibility index (Phi) is 3.71. The first-order chi connectivity index (χ1) is 9.29. The van der Waals surface area contributed by atoms with Crippen LogP contribution >= 0.6 is 11.6 Å². The fourth-order valence-corrected chi connectivity index (χ4v) is 1.89. The first kappa shape index (κ1) is 14.4. The predicted molar refractivity (Wildman–Crippen MR) is 64.9 cm³/mol. The van der Waals surface area contributed by atoms with Crippen LogP contribution in [0, 0.1) is 0 Å². The largest absolute Gasteiger partial charge is 0.481 e. The first-order valence-corrected chi connectivity index (χ1v) is 5.79. The molecule has 1 aromatic heterocycles. The van der Waals surface area contributed by atoms with Crippen LogP contribution in [-0.2, 0) is 17.4 Å². The Bertz CT molecular complexity index is 652. The molecule has 0 saturated carbocycles. The molecule has 0 radical (unpaired) electrons. The highest BCUT2D eigenvalue weighted by Crippen LogP contribution is 2.30. The van der Waals surface area contributed by atoms with Gasteiger partial charge in [0.15, 0.2) is 5.69 Å². The number of hydrogen-bond donors (Lipinski definition) is 1. The second-order valence-electron chi connectivity index (χ2n) is 3.95. The summed E-state index contributed by atoms with van der Waals surface area (Å²) in [5.41, 5.74) is -1.06. The SMILES string of the molecule is O=C(O)Cc1cc(C(F)(F)F)nn1-c1ccccc1Cl. The van der Waals surface area contributed by atoms with Gasteiger partial charge in [-0.05, 0) is 18.2 Å². The van der Waals surface area contributed by atoms with E-state index in [0.717, 1.165) is 4.68 Å². The molecule has 0 spiro atoms. The van der Waals surface area contributed by atoms with Crippen molar-refractivity contribution in [2.45, 2.75) is 12.6 Å². The quantitative estimate of drug-likeness (QED) is 0.947. The number of carbonyl (C=O) groups is 1. The summed E-state index contributed by atoms with van der Waals surface area (Å²) in [4.78, 5) is 10.7. The second-order valence-corrected chi connectivity index (χ2v) is 4.36. The van der Waals surface area contributed by atoms with Crippen LogP contribution in [0.4, 0.5) is 13.2 Å². The Morgan fingerprint density at radius 1 is 1.35 bits per heavy atom. The number of aromatic nitrogens is 2. The summed E-state index contributed by atoms with van der Waals surface area (Å²) in [5, 5.41) is 12.4. The lowest BCUT2D eigenvalue weighted by atomic mass is 10.2. The zero-order valence-corrected chi connectivity index (χ0v) is 10.6. The van der Waals surface area contributed by atoms with Gasteiger partial charge in [-0.15, -0.1) is 0 Å². The van der Waals surface area contributed by atoms with Gasteiger partial charge in [-0.2, -0.15) is 18.3 Å². The number of rotatable bonds is 3. The number of alkyl halides is 3. The van der Waals surface area contributed by atoms with E-state index in [2.05, 4.69) is 5.10 Å². The number of halogens is 4. The van der Waals surface area contributed by atoms with Crippen LogP contribution in [0.25, 0.3) is 5.69 Å². The van der Waals surface area contributed by atoms with Gasteiger partial charge in [-0.1, -0.05) is 23.7 Å². The first-order valence-electron chi connectivity index (χ1n) is 5.42. The Balaban J connectivity index is 2.59. The summed E-state index contributed by atoms with van der Waals surface area (Å²) in [5.74, 6) is -1.26.